The maximum atomic E-state index is 5.80. The Morgan fingerprint density at radius 1 is 1.64 bits per heavy atom. The van der Waals surface area contributed by atoms with Crippen molar-refractivity contribution in [2.24, 2.45) is 5.73 Å². The Hall–Kier alpha value is -0.730. The maximum absolute atomic E-state index is 5.80. The Kier molecular flexibility index (Phi) is 2.74. The molecule has 11 heavy (non-hydrogen) atoms. The number of methoxy groups -OCH3 is 1. The predicted molar refractivity (Wildman–Crippen MR) is 44.7 cm³/mol. The van der Waals surface area contributed by atoms with Crippen LogP contribution >= 0.6 is 11.6 Å². The molecular weight excluding hydrogens is 162 g/mol. The van der Waals surface area contributed by atoms with Crippen molar-refractivity contribution in [2.75, 3.05) is 7.11 Å². The summed E-state index contributed by atoms with van der Waals surface area (Å²) in [5, 5.41) is 0.551. The number of hydrogen-bond donors (Lipinski definition) is 1. The van der Waals surface area contributed by atoms with Crippen molar-refractivity contribution in [3.63, 3.8) is 0 Å². The quantitative estimate of drug-likeness (QED) is 0.732. The molecule has 0 saturated carbocycles. The fourth-order valence-electron chi connectivity index (χ4n) is 0.880. The molecule has 2 N–H and O–H groups in total. The highest BCUT2D eigenvalue weighted by atomic mass is 35.5. The first-order valence-corrected chi connectivity index (χ1v) is 3.60. The van der Waals surface area contributed by atoms with Crippen LogP contribution < -0.4 is 10.5 Å². The first-order chi connectivity index (χ1) is 5.29. The van der Waals surface area contributed by atoms with Gasteiger partial charge in [0.05, 0.1) is 12.1 Å². The van der Waals surface area contributed by atoms with E-state index in [0.29, 0.717) is 17.3 Å². The molecule has 0 saturated heterocycles. The summed E-state index contributed by atoms with van der Waals surface area (Å²) in [6.07, 6.45) is 0. The van der Waals surface area contributed by atoms with Crippen molar-refractivity contribution in [1.82, 2.24) is 0 Å². The van der Waals surface area contributed by atoms with Gasteiger partial charge in [-0.3, -0.25) is 0 Å². The molecule has 3 heteroatoms. The molecule has 1 aromatic carbocycles. The van der Waals surface area contributed by atoms with E-state index in [2.05, 4.69) is 6.07 Å². The molecule has 0 fully saturated rings. The van der Waals surface area contributed by atoms with Gasteiger partial charge in [-0.15, -0.1) is 0 Å². The van der Waals surface area contributed by atoms with E-state index in [4.69, 9.17) is 22.1 Å². The van der Waals surface area contributed by atoms with Crippen molar-refractivity contribution in [1.29, 1.82) is 0 Å². The van der Waals surface area contributed by atoms with E-state index >= 15 is 0 Å². The SMILES string of the molecule is COc1c(Cl)c[c]cc1CN. The number of nitrogens with two attached hydrogens (primary N) is 1. The first kappa shape index (κ1) is 8.37. The summed E-state index contributed by atoms with van der Waals surface area (Å²) >= 11 is 5.80. The van der Waals surface area contributed by atoms with Crippen LogP contribution in [0.2, 0.25) is 5.02 Å². The van der Waals surface area contributed by atoms with Crippen LogP contribution in [0.4, 0.5) is 0 Å². The summed E-state index contributed by atoms with van der Waals surface area (Å²) < 4.78 is 5.04. The molecule has 0 spiro atoms. The van der Waals surface area contributed by atoms with E-state index in [0.717, 1.165) is 5.56 Å². The van der Waals surface area contributed by atoms with Crippen LogP contribution in [0.3, 0.4) is 0 Å². The molecule has 2 nitrogen and oxygen atoms in total. The van der Waals surface area contributed by atoms with E-state index in [1.54, 1.807) is 19.2 Å². The van der Waals surface area contributed by atoms with Gasteiger partial charge >= 0.3 is 0 Å². The Morgan fingerprint density at radius 2 is 2.36 bits per heavy atom. The Labute approximate surface area is 70.9 Å². The first-order valence-electron chi connectivity index (χ1n) is 3.22. The minimum atomic E-state index is 0.417. The number of halogens is 1. The van der Waals surface area contributed by atoms with E-state index in [1.807, 2.05) is 0 Å². The van der Waals surface area contributed by atoms with Gasteiger partial charge < -0.3 is 10.5 Å². The fraction of sp³-hybridized carbons (Fsp3) is 0.250. The molecule has 0 aromatic heterocycles. The van der Waals surface area contributed by atoms with Gasteiger partial charge in [-0.2, -0.15) is 0 Å². The molecule has 0 aliphatic carbocycles. The summed E-state index contributed by atoms with van der Waals surface area (Å²) in [5.41, 5.74) is 6.31. The van der Waals surface area contributed by atoms with Gasteiger partial charge in [-0.1, -0.05) is 11.6 Å². The lowest BCUT2D eigenvalue weighted by Gasteiger charge is -2.06. The monoisotopic (exact) mass is 170 g/mol. The van der Waals surface area contributed by atoms with Gasteiger partial charge in [-0.25, -0.2) is 0 Å². The second kappa shape index (κ2) is 3.60. The van der Waals surface area contributed by atoms with Gasteiger partial charge in [0.25, 0.3) is 0 Å². The number of hydrogen-bond acceptors (Lipinski definition) is 2. The molecule has 1 radical (unpaired) electrons. The molecule has 0 heterocycles. The Morgan fingerprint density at radius 3 is 2.82 bits per heavy atom. The van der Waals surface area contributed by atoms with Crippen LogP contribution in [0.5, 0.6) is 5.75 Å². The molecule has 0 aliphatic heterocycles. The number of benzene rings is 1. The van der Waals surface area contributed by atoms with E-state index in [-0.39, 0.29) is 0 Å². The third-order valence-corrected chi connectivity index (χ3v) is 1.68. The molecule has 0 unspecified atom stereocenters. The van der Waals surface area contributed by atoms with Crippen molar-refractivity contribution >= 4 is 11.6 Å². The minimum Gasteiger partial charge on any atom is -0.495 e. The predicted octanol–water partition coefficient (Wildman–Crippen LogP) is 1.61. The van der Waals surface area contributed by atoms with Crippen LogP contribution in [0.25, 0.3) is 0 Å². The second-order valence-electron chi connectivity index (χ2n) is 2.07. The second-order valence-corrected chi connectivity index (χ2v) is 2.47. The van der Waals surface area contributed by atoms with Crippen molar-refractivity contribution in [2.45, 2.75) is 6.54 Å². The Bertz CT molecular complexity index is 250. The van der Waals surface area contributed by atoms with Crippen LogP contribution in [-0.2, 0) is 6.54 Å². The zero-order valence-corrected chi connectivity index (χ0v) is 6.98. The number of rotatable bonds is 2. The fourth-order valence-corrected chi connectivity index (χ4v) is 1.14. The smallest absolute Gasteiger partial charge is 0.141 e. The average molecular weight is 171 g/mol. The largest absolute Gasteiger partial charge is 0.495 e. The summed E-state index contributed by atoms with van der Waals surface area (Å²) in [7, 11) is 1.57. The lowest BCUT2D eigenvalue weighted by Crippen LogP contribution is -1.99. The van der Waals surface area contributed by atoms with E-state index in [1.165, 1.54) is 0 Å². The average Bonchev–Trinajstić information content (AvgIpc) is 2.04. The standard InChI is InChI=1S/C8H9ClNO/c1-11-8-6(5-10)3-2-4-7(8)9/h3-4H,5,10H2,1H3. The maximum Gasteiger partial charge on any atom is 0.141 e. The molecule has 0 aliphatic rings. The molecule has 59 valence electrons. The summed E-state index contributed by atoms with van der Waals surface area (Å²) in [4.78, 5) is 0. The molecular formula is C8H9ClNO. The lowest BCUT2D eigenvalue weighted by molar-refractivity contribution is 0.410. The Balaban J connectivity index is 3.13. The zero-order chi connectivity index (χ0) is 8.27. The topological polar surface area (TPSA) is 35.2 Å². The highest BCUT2D eigenvalue weighted by Crippen LogP contribution is 2.27. The lowest BCUT2D eigenvalue weighted by atomic mass is 10.2. The normalized spacial score (nSPS) is 9.73. The molecule has 0 amide bonds. The van der Waals surface area contributed by atoms with E-state index < -0.39 is 0 Å². The van der Waals surface area contributed by atoms with Gasteiger partial charge in [0.15, 0.2) is 0 Å². The van der Waals surface area contributed by atoms with Gasteiger partial charge in [0, 0.05) is 12.1 Å². The summed E-state index contributed by atoms with van der Waals surface area (Å²) in [6.45, 7) is 0.417. The highest BCUT2D eigenvalue weighted by Gasteiger charge is 2.04. The van der Waals surface area contributed by atoms with Crippen molar-refractivity contribution in [3.8, 4) is 5.75 Å². The van der Waals surface area contributed by atoms with Crippen LogP contribution in [-0.4, -0.2) is 7.11 Å². The third kappa shape index (κ3) is 1.64. The van der Waals surface area contributed by atoms with Crippen LogP contribution in [0.1, 0.15) is 5.56 Å². The van der Waals surface area contributed by atoms with Crippen LogP contribution in [0, 0.1) is 6.07 Å². The van der Waals surface area contributed by atoms with Gasteiger partial charge in [-0.05, 0) is 18.2 Å². The van der Waals surface area contributed by atoms with E-state index in [9.17, 15) is 0 Å². The zero-order valence-electron chi connectivity index (χ0n) is 6.23. The molecule has 0 atom stereocenters. The molecule has 1 rings (SSSR count). The van der Waals surface area contributed by atoms with Crippen LogP contribution in [0.15, 0.2) is 12.1 Å². The summed E-state index contributed by atoms with van der Waals surface area (Å²) in [5.74, 6) is 0.646. The van der Waals surface area contributed by atoms with Crippen molar-refractivity contribution in [3.05, 3.63) is 28.8 Å². The van der Waals surface area contributed by atoms with Gasteiger partial charge in [0.1, 0.15) is 5.75 Å². The summed E-state index contributed by atoms with van der Waals surface area (Å²) in [6, 6.07) is 6.28. The molecule has 1 aromatic rings. The minimum absolute atomic E-state index is 0.417. The highest BCUT2D eigenvalue weighted by molar-refractivity contribution is 6.32. The number of ether oxygens (including phenoxy) is 1. The van der Waals surface area contributed by atoms with Gasteiger partial charge in [0.2, 0.25) is 0 Å². The molecule has 0 bridgehead atoms. The third-order valence-electron chi connectivity index (χ3n) is 1.40. The van der Waals surface area contributed by atoms with Crippen molar-refractivity contribution < 1.29 is 4.74 Å².